The number of nitrogens with zero attached hydrogens (tertiary/aromatic N) is 2. The number of thiocarbonyl (C=S) groups is 1. The van der Waals surface area contributed by atoms with Crippen molar-refractivity contribution < 1.29 is 0 Å². The number of nitrogens with one attached hydrogen (secondary N) is 1. The Bertz CT molecular complexity index is 349. The number of hydrazine groups is 1. The fourth-order valence-corrected chi connectivity index (χ4v) is 1.22. The third kappa shape index (κ3) is 2.93. The summed E-state index contributed by atoms with van der Waals surface area (Å²) in [4.78, 5) is 4.67. The Labute approximate surface area is 89.1 Å². The average molecular weight is 210 g/mol. The van der Waals surface area contributed by atoms with Gasteiger partial charge in [0.2, 0.25) is 0 Å². The molecule has 1 heterocycles. The number of hydrogen-bond acceptors (Lipinski definition) is 4. The van der Waals surface area contributed by atoms with Crippen molar-refractivity contribution in [3.63, 3.8) is 0 Å². The van der Waals surface area contributed by atoms with Crippen molar-refractivity contribution in [1.29, 1.82) is 0 Å². The highest BCUT2D eigenvalue weighted by atomic mass is 32.1. The lowest BCUT2D eigenvalue weighted by molar-refractivity contribution is 0.492. The topological polar surface area (TPSA) is 54.2 Å². The van der Waals surface area contributed by atoms with Crippen LogP contribution in [0.5, 0.6) is 0 Å². The van der Waals surface area contributed by atoms with Crippen molar-refractivity contribution >= 4 is 23.0 Å². The Morgan fingerprint density at radius 2 is 2.14 bits per heavy atom. The summed E-state index contributed by atoms with van der Waals surface area (Å²) in [5, 5.41) is 1.81. The molecule has 0 radical (unpaired) electrons. The normalized spacial score (nSPS) is 10.3. The molecular weight excluding hydrogens is 196 g/mol. The SMILES string of the molecule is Cc1cc(C(N)=S)cc(NN(C)C)n1. The van der Waals surface area contributed by atoms with Gasteiger partial charge in [0.1, 0.15) is 10.8 Å². The van der Waals surface area contributed by atoms with Crippen LogP contribution in [-0.2, 0) is 0 Å². The molecule has 3 N–H and O–H groups in total. The minimum atomic E-state index is 0.386. The zero-order valence-corrected chi connectivity index (χ0v) is 9.35. The highest BCUT2D eigenvalue weighted by Crippen LogP contribution is 2.10. The van der Waals surface area contributed by atoms with Crippen molar-refractivity contribution in [2.75, 3.05) is 19.5 Å². The van der Waals surface area contributed by atoms with Crippen molar-refractivity contribution in [2.24, 2.45) is 5.73 Å². The lowest BCUT2D eigenvalue weighted by Gasteiger charge is -2.13. The molecule has 5 heteroatoms. The summed E-state index contributed by atoms with van der Waals surface area (Å²) in [5.74, 6) is 0.748. The summed E-state index contributed by atoms with van der Waals surface area (Å²) in [6, 6.07) is 3.69. The molecule has 0 fully saturated rings. The molecule has 0 bridgehead atoms. The fraction of sp³-hybridized carbons (Fsp3) is 0.333. The molecule has 0 spiro atoms. The molecule has 0 aliphatic heterocycles. The standard InChI is InChI=1S/C9H14N4S/c1-6-4-7(9(10)14)5-8(11-6)12-13(2)3/h4-5H,1-3H3,(H2,10,14)(H,11,12). The number of aryl methyl sites for hydroxylation is 1. The number of aromatic nitrogens is 1. The molecule has 0 saturated carbocycles. The van der Waals surface area contributed by atoms with E-state index in [9.17, 15) is 0 Å². The zero-order valence-electron chi connectivity index (χ0n) is 8.53. The van der Waals surface area contributed by atoms with E-state index in [4.69, 9.17) is 18.0 Å². The number of nitrogens with two attached hydrogens (primary N) is 1. The van der Waals surface area contributed by atoms with Crippen LogP contribution < -0.4 is 11.2 Å². The van der Waals surface area contributed by atoms with E-state index in [2.05, 4.69) is 10.4 Å². The van der Waals surface area contributed by atoms with Crippen molar-refractivity contribution in [3.05, 3.63) is 23.4 Å². The second-order valence-corrected chi connectivity index (χ2v) is 3.69. The first-order chi connectivity index (χ1) is 6.49. The monoisotopic (exact) mass is 210 g/mol. The van der Waals surface area contributed by atoms with Gasteiger partial charge in [-0.3, -0.25) is 0 Å². The van der Waals surface area contributed by atoms with Gasteiger partial charge in [-0.2, -0.15) is 0 Å². The first-order valence-corrected chi connectivity index (χ1v) is 4.62. The van der Waals surface area contributed by atoms with E-state index in [0.29, 0.717) is 4.99 Å². The van der Waals surface area contributed by atoms with E-state index in [1.807, 2.05) is 38.2 Å². The van der Waals surface area contributed by atoms with Crippen LogP contribution >= 0.6 is 12.2 Å². The molecule has 0 aromatic carbocycles. The summed E-state index contributed by atoms with van der Waals surface area (Å²) in [6.45, 7) is 1.91. The van der Waals surface area contributed by atoms with Crippen LogP contribution in [0.25, 0.3) is 0 Å². The average Bonchev–Trinajstić information content (AvgIpc) is 2.01. The zero-order chi connectivity index (χ0) is 10.7. The summed E-state index contributed by atoms with van der Waals surface area (Å²) in [5.41, 5.74) is 10.3. The van der Waals surface area contributed by atoms with Gasteiger partial charge >= 0.3 is 0 Å². The van der Waals surface area contributed by atoms with Crippen LogP contribution in [0, 0.1) is 6.92 Å². The van der Waals surface area contributed by atoms with Gasteiger partial charge in [-0.25, -0.2) is 9.99 Å². The fourth-order valence-electron chi connectivity index (χ4n) is 1.10. The molecule has 0 atom stereocenters. The van der Waals surface area contributed by atoms with Gasteiger partial charge in [0.05, 0.1) is 0 Å². The number of hydrogen-bond donors (Lipinski definition) is 2. The molecule has 0 aliphatic rings. The molecule has 1 aromatic rings. The highest BCUT2D eigenvalue weighted by Gasteiger charge is 2.02. The molecule has 0 aliphatic carbocycles. The van der Waals surface area contributed by atoms with E-state index >= 15 is 0 Å². The molecule has 0 saturated heterocycles. The lowest BCUT2D eigenvalue weighted by atomic mass is 10.2. The largest absolute Gasteiger partial charge is 0.389 e. The van der Waals surface area contributed by atoms with Gasteiger partial charge in [-0.15, -0.1) is 0 Å². The summed E-state index contributed by atoms with van der Waals surface area (Å²) >= 11 is 4.90. The predicted octanol–water partition coefficient (Wildman–Crippen LogP) is 0.913. The van der Waals surface area contributed by atoms with Crippen molar-refractivity contribution in [1.82, 2.24) is 9.99 Å². The molecule has 0 amide bonds. The van der Waals surface area contributed by atoms with Gasteiger partial charge in [-0.05, 0) is 19.1 Å². The molecule has 1 aromatic heterocycles. The Balaban J connectivity index is 3.01. The molecule has 4 nitrogen and oxygen atoms in total. The summed E-state index contributed by atoms with van der Waals surface area (Å²) in [6.07, 6.45) is 0. The third-order valence-corrected chi connectivity index (χ3v) is 1.81. The van der Waals surface area contributed by atoms with Gasteiger partial charge in [0.25, 0.3) is 0 Å². The first-order valence-electron chi connectivity index (χ1n) is 4.21. The molecule has 76 valence electrons. The second-order valence-electron chi connectivity index (χ2n) is 3.25. The van der Waals surface area contributed by atoms with E-state index < -0.39 is 0 Å². The number of rotatable bonds is 3. The van der Waals surface area contributed by atoms with Crippen LogP contribution in [0.15, 0.2) is 12.1 Å². The summed E-state index contributed by atoms with van der Waals surface area (Å²) < 4.78 is 0. The van der Waals surface area contributed by atoms with Crippen LogP contribution in [0.2, 0.25) is 0 Å². The maximum absolute atomic E-state index is 5.54. The predicted molar refractivity (Wildman–Crippen MR) is 62.2 cm³/mol. The van der Waals surface area contributed by atoms with Gasteiger partial charge in [0, 0.05) is 25.4 Å². The third-order valence-electron chi connectivity index (χ3n) is 1.58. The van der Waals surface area contributed by atoms with Crippen molar-refractivity contribution in [2.45, 2.75) is 6.92 Å². The van der Waals surface area contributed by atoms with Crippen LogP contribution in [0.4, 0.5) is 5.82 Å². The van der Waals surface area contributed by atoms with Gasteiger partial charge < -0.3 is 11.2 Å². The Hall–Kier alpha value is -1.20. The van der Waals surface area contributed by atoms with Gasteiger partial charge in [-0.1, -0.05) is 12.2 Å². The van der Waals surface area contributed by atoms with Crippen LogP contribution in [0.1, 0.15) is 11.3 Å². The second kappa shape index (κ2) is 4.34. The maximum atomic E-state index is 5.54. The molecule has 0 unspecified atom stereocenters. The molecular formula is C9H14N4S. The molecule has 1 rings (SSSR count). The van der Waals surface area contributed by atoms with E-state index in [1.165, 1.54) is 0 Å². The highest BCUT2D eigenvalue weighted by molar-refractivity contribution is 7.80. The van der Waals surface area contributed by atoms with Crippen molar-refractivity contribution in [3.8, 4) is 0 Å². The maximum Gasteiger partial charge on any atom is 0.141 e. The Morgan fingerprint density at radius 3 is 2.64 bits per heavy atom. The minimum Gasteiger partial charge on any atom is -0.389 e. The van der Waals surface area contributed by atoms with E-state index in [0.717, 1.165) is 17.1 Å². The minimum absolute atomic E-state index is 0.386. The number of pyridine rings is 1. The quantitative estimate of drug-likeness (QED) is 0.574. The summed E-state index contributed by atoms with van der Waals surface area (Å²) in [7, 11) is 3.79. The number of anilines is 1. The lowest BCUT2D eigenvalue weighted by Crippen LogP contribution is -2.21. The first kappa shape index (κ1) is 10.9. The van der Waals surface area contributed by atoms with E-state index in [-0.39, 0.29) is 0 Å². The molecule has 14 heavy (non-hydrogen) atoms. The van der Waals surface area contributed by atoms with Crippen LogP contribution in [-0.4, -0.2) is 29.1 Å². The Morgan fingerprint density at radius 1 is 1.50 bits per heavy atom. The van der Waals surface area contributed by atoms with E-state index in [1.54, 1.807) is 0 Å². The van der Waals surface area contributed by atoms with Crippen LogP contribution in [0.3, 0.4) is 0 Å². The smallest absolute Gasteiger partial charge is 0.141 e. The van der Waals surface area contributed by atoms with Gasteiger partial charge in [0.15, 0.2) is 0 Å². The Kier molecular flexibility index (Phi) is 3.38.